The van der Waals surface area contributed by atoms with Gasteiger partial charge in [0.15, 0.2) is 0 Å². The van der Waals surface area contributed by atoms with E-state index in [9.17, 15) is 0 Å². The minimum atomic E-state index is 0.00471. The summed E-state index contributed by atoms with van der Waals surface area (Å²) in [6.07, 6.45) is 4.72. The fourth-order valence-electron chi connectivity index (χ4n) is 4.53. The van der Waals surface area contributed by atoms with Crippen LogP contribution in [0.5, 0.6) is 5.75 Å². The summed E-state index contributed by atoms with van der Waals surface area (Å²) in [5.41, 5.74) is 1.23. The molecule has 116 valence electrons. The predicted molar refractivity (Wildman–Crippen MR) is 88.0 cm³/mol. The highest BCUT2D eigenvalue weighted by Gasteiger charge is 2.45. The second-order valence-corrected chi connectivity index (χ2v) is 7.57. The van der Waals surface area contributed by atoms with Gasteiger partial charge in [0.1, 0.15) is 11.4 Å². The van der Waals surface area contributed by atoms with E-state index in [1.807, 2.05) is 12.1 Å². The number of hydrogen-bond acceptors (Lipinski definition) is 2. The second-order valence-electron chi connectivity index (χ2n) is 7.14. The van der Waals surface area contributed by atoms with Gasteiger partial charge in [-0.15, -0.1) is 0 Å². The molecule has 1 aliphatic carbocycles. The van der Waals surface area contributed by atoms with E-state index in [4.69, 9.17) is 16.3 Å². The van der Waals surface area contributed by atoms with Crippen molar-refractivity contribution < 1.29 is 4.74 Å². The molecule has 2 aliphatic rings. The minimum Gasteiger partial charge on any atom is -0.487 e. The van der Waals surface area contributed by atoms with Crippen LogP contribution in [0, 0.1) is 11.8 Å². The fourth-order valence-corrected chi connectivity index (χ4v) is 4.71. The molecular weight excluding hydrogens is 282 g/mol. The van der Waals surface area contributed by atoms with Crippen molar-refractivity contribution in [3.8, 4) is 5.75 Å². The normalized spacial score (nSPS) is 35.3. The Bertz CT molecular complexity index is 506. The van der Waals surface area contributed by atoms with E-state index in [2.05, 4.69) is 32.2 Å². The number of benzene rings is 1. The molecule has 0 saturated heterocycles. The zero-order chi connectivity index (χ0) is 15.0. The average molecular weight is 308 g/mol. The van der Waals surface area contributed by atoms with Crippen molar-refractivity contribution in [3.63, 3.8) is 0 Å². The maximum absolute atomic E-state index is 6.53. The largest absolute Gasteiger partial charge is 0.487 e. The lowest BCUT2D eigenvalue weighted by atomic mass is 9.69. The molecule has 0 aromatic heterocycles. The Morgan fingerprint density at radius 2 is 1.95 bits per heavy atom. The summed E-state index contributed by atoms with van der Waals surface area (Å²) in [6, 6.07) is 6.41. The van der Waals surface area contributed by atoms with Gasteiger partial charge in [-0.05, 0) is 55.8 Å². The first-order chi connectivity index (χ1) is 10.0. The predicted octanol–water partition coefficient (Wildman–Crippen LogP) is 4.97. The molecule has 1 saturated carbocycles. The first-order valence-corrected chi connectivity index (χ1v) is 8.61. The van der Waals surface area contributed by atoms with Crippen molar-refractivity contribution in [2.75, 3.05) is 6.54 Å². The molecule has 0 amide bonds. The quantitative estimate of drug-likeness (QED) is 0.833. The van der Waals surface area contributed by atoms with E-state index in [0.717, 1.165) is 35.6 Å². The van der Waals surface area contributed by atoms with Crippen LogP contribution < -0.4 is 10.1 Å². The standard InChI is InChI=1S/C18H26ClNO/c1-4-20-16-11-18(9-12(2)7-13(3)10-18)21-17-6-5-14(19)8-15(16)17/h5-6,8,12-13,16,20H,4,7,9-11H2,1-3H3. The van der Waals surface area contributed by atoms with Crippen LogP contribution in [0.2, 0.25) is 5.02 Å². The third-order valence-corrected chi connectivity index (χ3v) is 5.18. The highest BCUT2D eigenvalue weighted by molar-refractivity contribution is 6.30. The molecule has 3 heteroatoms. The maximum Gasteiger partial charge on any atom is 0.125 e. The van der Waals surface area contributed by atoms with Crippen LogP contribution >= 0.6 is 11.6 Å². The van der Waals surface area contributed by atoms with Crippen LogP contribution in [0.1, 0.15) is 58.1 Å². The topological polar surface area (TPSA) is 21.3 Å². The maximum atomic E-state index is 6.53. The van der Waals surface area contributed by atoms with Gasteiger partial charge in [0.2, 0.25) is 0 Å². The number of rotatable bonds is 2. The summed E-state index contributed by atoms with van der Waals surface area (Å²) >= 11 is 6.18. The third kappa shape index (κ3) is 3.07. The molecule has 3 atom stereocenters. The van der Waals surface area contributed by atoms with Crippen LogP contribution in [-0.2, 0) is 0 Å². The van der Waals surface area contributed by atoms with Crippen molar-refractivity contribution in [2.45, 2.75) is 58.1 Å². The van der Waals surface area contributed by atoms with Crippen LogP contribution in [-0.4, -0.2) is 12.1 Å². The fraction of sp³-hybridized carbons (Fsp3) is 0.667. The molecule has 0 bridgehead atoms. The molecule has 1 aromatic carbocycles. The molecule has 1 aliphatic heterocycles. The molecule has 1 fully saturated rings. The summed E-state index contributed by atoms with van der Waals surface area (Å²) in [5, 5.41) is 4.42. The molecule has 3 unspecified atom stereocenters. The SMILES string of the molecule is CCNC1CC2(CC(C)CC(C)C2)Oc2ccc(Cl)cc21. The molecule has 3 rings (SSSR count). The van der Waals surface area contributed by atoms with Crippen molar-refractivity contribution >= 4 is 11.6 Å². The van der Waals surface area contributed by atoms with Gasteiger partial charge in [0.25, 0.3) is 0 Å². The van der Waals surface area contributed by atoms with Gasteiger partial charge in [-0.25, -0.2) is 0 Å². The van der Waals surface area contributed by atoms with Crippen molar-refractivity contribution in [1.29, 1.82) is 0 Å². The third-order valence-electron chi connectivity index (χ3n) is 4.95. The number of ether oxygens (including phenoxy) is 1. The molecule has 21 heavy (non-hydrogen) atoms. The molecule has 1 aromatic rings. The Morgan fingerprint density at radius 1 is 1.24 bits per heavy atom. The highest BCUT2D eigenvalue weighted by atomic mass is 35.5. The summed E-state index contributed by atoms with van der Waals surface area (Å²) in [7, 11) is 0. The number of nitrogens with one attached hydrogen (secondary N) is 1. The second kappa shape index (κ2) is 5.81. The molecule has 0 radical (unpaired) electrons. The van der Waals surface area contributed by atoms with Crippen LogP contribution in [0.15, 0.2) is 18.2 Å². The van der Waals surface area contributed by atoms with Gasteiger partial charge in [0, 0.05) is 23.0 Å². The molecule has 1 N–H and O–H groups in total. The van der Waals surface area contributed by atoms with Crippen molar-refractivity contribution in [1.82, 2.24) is 5.32 Å². The first kappa shape index (κ1) is 15.2. The molecule has 1 spiro atoms. The number of halogens is 1. The van der Waals surface area contributed by atoms with E-state index >= 15 is 0 Å². The van der Waals surface area contributed by atoms with E-state index in [1.165, 1.54) is 24.8 Å². The van der Waals surface area contributed by atoms with Crippen LogP contribution in [0.4, 0.5) is 0 Å². The Morgan fingerprint density at radius 3 is 2.62 bits per heavy atom. The molecular formula is C18H26ClNO. The van der Waals surface area contributed by atoms with Gasteiger partial charge in [0.05, 0.1) is 0 Å². The van der Waals surface area contributed by atoms with E-state index < -0.39 is 0 Å². The van der Waals surface area contributed by atoms with Gasteiger partial charge < -0.3 is 10.1 Å². The van der Waals surface area contributed by atoms with Crippen molar-refractivity contribution in [3.05, 3.63) is 28.8 Å². The minimum absolute atomic E-state index is 0.00471. The zero-order valence-electron chi connectivity index (χ0n) is 13.3. The van der Waals surface area contributed by atoms with Crippen molar-refractivity contribution in [2.24, 2.45) is 11.8 Å². The van der Waals surface area contributed by atoms with E-state index in [0.29, 0.717) is 6.04 Å². The first-order valence-electron chi connectivity index (χ1n) is 8.23. The van der Waals surface area contributed by atoms with Gasteiger partial charge in [-0.2, -0.15) is 0 Å². The van der Waals surface area contributed by atoms with Gasteiger partial charge in [-0.1, -0.05) is 32.4 Å². The number of fused-ring (bicyclic) bond motifs is 1. The zero-order valence-corrected chi connectivity index (χ0v) is 14.0. The lowest BCUT2D eigenvalue weighted by Gasteiger charge is -2.48. The summed E-state index contributed by atoms with van der Waals surface area (Å²) < 4.78 is 6.53. The molecule has 2 nitrogen and oxygen atoms in total. The van der Waals surface area contributed by atoms with Gasteiger partial charge in [-0.3, -0.25) is 0 Å². The smallest absolute Gasteiger partial charge is 0.125 e. The van der Waals surface area contributed by atoms with E-state index in [-0.39, 0.29) is 5.60 Å². The Kier molecular flexibility index (Phi) is 4.20. The monoisotopic (exact) mass is 307 g/mol. The molecule has 1 heterocycles. The van der Waals surface area contributed by atoms with Crippen LogP contribution in [0.3, 0.4) is 0 Å². The Balaban J connectivity index is 1.95. The van der Waals surface area contributed by atoms with E-state index in [1.54, 1.807) is 0 Å². The lowest BCUT2D eigenvalue weighted by molar-refractivity contribution is -0.0346. The average Bonchev–Trinajstić information content (AvgIpc) is 2.38. The summed E-state index contributed by atoms with van der Waals surface area (Å²) in [6.45, 7) is 7.86. The summed E-state index contributed by atoms with van der Waals surface area (Å²) in [4.78, 5) is 0. The van der Waals surface area contributed by atoms with Gasteiger partial charge >= 0.3 is 0 Å². The highest BCUT2D eigenvalue weighted by Crippen LogP contribution is 2.49. The number of hydrogen-bond donors (Lipinski definition) is 1. The summed E-state index contributed by atoms with van der Waals surface area (Å²) in [5.74, 6) is 2.51. The Hall–Kier alpha value is -0.730. The van der Waals surface area contributed by atoms with Crippen LogP contribution in [0.25, 0.3) is 0 Å². The Labute approximate surface area is 133 Å². The lowest BCUT2D eigenvalue weighted by Crippen LogP contribution is -2.48.